The Hall–Kier alpha value is -3.59. The van der Waals surface area contributed by atoms with E-state index in [-0.39, 0.29) is 40.6 Å². The van der Waals surface area contributed by atoms with Crippen molar-refractivity contribution in [2.24, 2.45) is 21.6 Å². The highest BCUT2D eigenvalue weighted by Gasteiger charge is 2.54. The zero-order chi connectivity index (χ0) is 31.1. The molecule has 230 valence electrons. The van der Waals surface area contributed by atoms with E-state index in [2.05, 4.69) is 25.4 Å². The van der Waals surface area contributed by atoms with Gasteiger partial charge in [-0.05, 0) is 6.07 Å². The highest BCUT2D eigenvalue weighted by atomic mass is 32.2. The Balaban J connectivity index is 1.51. The molecule has 0 radical (unpaired) electrons. The highest BCUT2D eigenvalue weighted by Crippen LogP contribution is 2.46. The lowest BCUT2D eigenvalue weighted by Gasteiger charge is -2.49. The standard InChI is InChI=1S/C23H26FN9O6S4/c24-2-4-39-32-15(11-8-42-23(27)30-11)18(35)31-16-19(36)33-17(21(37)38)14(9-41-20(16)33)43-12-1-3-28-5-13(12)40-7-10(6-34)29-22(25)26/h1,3,5,8,10,16,20,34H,2,4,6-7,9H2,(H2,27,30)(H,31,35)(H,37,38)(H4,25,26,29)/t10?,16-,20+/m1/s1. The van der Waals surface area contributed by atoms with Crippen LogP contribution in [-0.4, -0.2) is 103 Å². The van der Waals surface area contributed by atoms with E-state index in [1.165, 1.54) is 40.7 Å². The summed E-state index contributed by atoms with van der Waals surface area (Å²) in [6.45, 7) is -1.50. The molecule has 2 aliphatic rings. The number of thiazole rings is 1. The molecule has 1 fully saturated rings. The van der Waals surface area contributed by atoms with Crippen LogP contribution in [0, 0.1) is 0 Å². The van der Waals surface area contributed by atoms with Crippen LogP contribution in [0.5, 0.6) is 0 Å². The molecule has 1 unspecified atom stereocenters. The molecular formula is C23H26FN9O6S4. The number of guanidine groups is 1. The minimum absolute atomic E-state index is 0.0817. The minimum Gasteiger partial charge on any atom is -0.477 e. The fourth-order valence-corrected chi connectivity index (χ4v) is 8.06. The van der Waals surface area contributed by atoms with Gasteiger partial charge in [-0.1, -0.05) is 16.9 Å². The summed E-state index contributed by atoms with van der Waals surface area (Å²) in [5, 5.41) is 26.8. The van der Waals surface area contributed by atoms with Crippen LogP contribution >= 0.6 is 46.6 Å². The molecule has 20 heteroatoms. The zero-order valence-corrected chi connectivity index (χ0v) is 25.3. The van der Waals surface area contributed by atoms with Crippen LogP contribution in [0.25, 0.3) is 0 Å². The molecule has 9 N–H and O–H groups in total. The second-order valence-corrected chi connectivity index (χ2v) is 12.8. The number of nitrogens with one attached hydrogen (secondary N) is 1. The number of aliphatic carboxylic acids is 1. The smallest absolute Gasteiger partial charge is 0.353 e. The topological polar surface area (TPSA) is 245 Å². The number of β-lactam (4-membered cyclic amide) rings is 1. The number of amides is 2. The lowest BCUT2D eigenvalue weighted by Crippen LogP contribution is -2.71. The van der Waals surface area contributed by atoms with Crippen molar-refractivity contribution in [1.82, 2.24) is 20.2 Å². The first kappa shape index (κ1) is 32.3. The van der Waals surface area contributed by atoms with E-state index in [1.54, 1.807) is 18.5 Å². The van der Waals surface area contributed by atoms with Gasteiger partial charge in [-0.15, -0.1) is 34.9 Å². The molecule has 0 spiro atoms. The molecule has 3 atom stereocenters. The number of halogens is 1. The van der Waals surface area contributed by atoms with Gasteiger partial charge in [0.1, 0.15) is 36.1 Å². The predicted octanol–water partition coefficient (Wildman–Crippen LogP) is 0.0253. The number of carboxylic acids is 1. The lowest BCUT2D eigenvalue weighted by atomic mass is 10.0. The molecule has 43 heavy (non-hydrogen) atoms. The first-order valence-electron chi connectivity index (χ1n) is 12.3. The lowest BCUT2D eigenvalue weighted by molar-refractivity contribution is -0.150. The predicted molar refractivity (Wildman–Crippen MR) is 162 cm³/mol. The molecule has 1 saturated heterocycles. The Morgan fingerprint density at radius 1 is 1.35 bits per heavy atom. The molecule has 0 bridgehead atoms. The maximum absolute atomic E-state index is 13.2. The van der Waals surface area contributed by atoms with Crippen LogP contribution in [0.3, 0.4) is 0 Å². The number of thioether (sulfide) groups is 3. The summed E-state index contributed by atoms with van der Waals surface area (Å²) in [4.78, 5) is 58.5. The number of carbonyl (C=O) groups is 3. The van der Waals surface area contributed by atoms with Crippen LogP contribution in [0.4, 0.5) is 9.52 Å². The molecule has 15 nitrogen and oxygen atoms in total. The van der Waals surface area contributed by atoms with Gasteiger partial charge in [0.05, 0.1) is 12.6 Å². The number of aromatic nitrogens is 2. The van der Waals surface area contributed by atoms with Crippen LogP contribution in [0.15, 0.2) is 54.4 Å². The third-order valence-electron chi connectivity index (χ3n) is 5.68. The van der Waals surface area contributed by atoms with E-state index in [4.69, 9.17) is 22.0 Å². The molecular weight excluding hydrogens is 646 g/mol. The summed E-state index contributed by atoms with van der Waals surface area (Å²) in [6, 6.07) is 0.106. The van der Waals surface area contributed by atoms with E-state index < -0.39 is 48.5 Å². The molecule has 2 amide bonds. The molecule has 4 heterocycles. The maximum atomic E-state index is 13.2. The number of carbonyl (C=O) groups excluding carboxylic acids is 2. The number of nitrogen functional groups attached to an aromatic ring is 1. The molecule has 2 aromatic rings. The first-order chi connectivity index (χ1) is 20.6. The van der Waals surface area contributed by atoms with Gasteiger partial charge < -0.3 is 37.6 Å². The Kier molecular flexibility index (Phi) is 11.1. The number of aliphatic hydroxyl groups is 1. The van der Waals surface area contributed by atoms with Crippen LogP contribution in [-0.2, 0) is 19.2 Å². The number of nitrogens with zero attached hydrogens (tertiary/aromatic N) is 5. The molecule has 2 aliphatic heterocycles. The molecule has 4 rings (SSSR count). The number of oxime groups is 1. The Morgan fingerprint density at radius 3 is 2.79 bits per heavy atom. The second kappa shape index (κ2) is 14.7. The zero-order valence-electron chi connectivity index (χ0n) is 22.1. The summed E-state index contributed by atoms with van der Waals surface area (Å²) in [5.74, 6) is -2.34. The Labute approximate surface area is 260 Å². The normalized spacial score (nSPS) is 18.9. The summed E-state index contributed by atoms with van der Waals surface area (Å²) < 4.78 is 12.5. The number of anilines is 1. The van der Waals surface area contributed by atoms with Crippen LogP contribution in [0.2, 0.25) is 0 Å². The van der Waals surface area contributed by atoms with Crippen LogP contribution in [0.1, 0.15) is 5.69 Å². The number of pyridine rings is 1. The van der Waals surface area contributed by atoms with Gasteiger partial charge in [0.25, 0.3) is 11.8 Å². The van der Waals surface area contributed by atoms with Gasteiger partial charge >= 0.3 is 5.97 Å². The van der Waals surface area contributed by atoms with Crippen molar-refractivity contribution in [3.05, 3.63) is 40.1 Å². The number of hydrogen-bond acceptors (Lipinski definition) is 14. The summed E-state index contributed by atoms with van der Waals surface area (Å²) in [6.07, 6.45) is 3.15. The van der Waals surface area contributed by atoms with Crippen molar-refractivity contribution in [2.45, 2.75) is 27.2 Å². The average molecular weight is 672 g/mol. The highest BCUT2D eigenvalue weighted by molar-refractivity contribution is 8.07. The van der Waals surface area contributed by atoms with E-state index in [0.717, 1.165) is 16.2 Å². The van der Waals surface area contributed by atoms with E-state index in [9.17, 15) is 29.0 Å². The van der Waals surface area contributed by atoms with Gasteiger partial charge in [0.2, 0.25) is 0 Å². The third-order valence-corrected chi connectivity index (χ3v) is 10.3. The van der Waals surface area contributed by atoms with Crippen molar-refractivity contribution in [2.75, 3.05) is 37.1 Å². The van der Waals surface area contributed by atoms with Crippen molar-refractivity contribution in [3.8, 4) is 0 Å². The van der Waals surface area contributed by atoms with Gasteiger partial charge in [-0.25, -0.2) is 19.2 Å². The quantitative estimate of drug-likeness (QED) is 0.0388. The fraction of sp³-hybridized carbons (Fsp3) is 0.348. The largest absolute Gasteiger partial charge is 0.477 e. The molecule has 0 aromatic carbocycles. The number of alkyl halides is 1. The number of rotatable bonds is 14. The van der Waals surface area contributed by atoms with E-state index in [1.807, 2.05) is 0 Å². The third kappa shape index (κ3) is 7.68. The Bertz CT molecular complexity index is 1470. The van der Waals surface area contributed by atoms with E-state index in [0.29, 0.717) is 20.4 Å². The number of nitrogens with two attached hydrogens (primary N) is 3. The average Bonchev–Trinajstić information content (AvgIpc) is 3.41. The molecule has 0 saturated carbocycles. The van der Waals surface area contributed by atoms with Crippen molar-refractivity contribution >= 4 is 81.2 Å². The van der Waals surface area contributed by atoms with Crippen LogP contribution < -0.4 is 22.5 Å². The second-order valence-electron chi connectivity index (χ2n) is 8.60. The first-order valence-corrected chi connectivity index (χ1v) is 16.0. The van der Waals surface area contributed by atoms with Crippen molar-refractivity contribution < 1.29 is 33.8 Å². The number of hydrogen-bond donors (Lipinski definition) is 6. The SMILES string of the molecule is NC(N)=NC(CO)CSc1cnccc1SC1=C(C(=O)O)N2C(=O)[C@@H](NC(=O)C(=NOCCF)c3csc(N)n3)[C@@H]2SC1. The number of aliphatic hydroxyl groups excluding tert-OH is 1. The summed E-state index contributed by atoms with van der Waals surface area (Å²) >= 11 is 4.83. The van der Waals surface area contributed by atoms with Gasteiger partial charge in [0, 0.05) is 44.0 Å². The summed E-state index contributed by atoms with van der Waals surface area (Å²) in [7, 11) is 0. The number of carboxylic acid groups (broad SMARTS) is 1. The molecule has 2 aromatic heterocycles. The van der Waals surface area contributed by atoms with Gasteiger partial charge in [-0.3, -0.25) is 19.5 Å². The maximum Gasteiger partial charge on any atom is 0.353 e. The van der Waals surface area contributed by atoms with E-state index >= 15 is 0 Å². The molecule has 0 aliphatic carbocycles. The summed E-state index contributed by atoms with van der Waals surface area (Å²) in [5.41, 5.74) is 16.1. The van der Waals surface area contributed by atoms with Gasteiger partial charge in [0.15, 0.2) is 16.8 Å². The number of fused-ring (bicyclic) bond motifs is 1. The van der Waals surface area contributed by atoms with Crippen molar-refractivity contribution in [3.63, 3.8) is 0 Å². The van der Waals surface area contributed by atoms with Gasteiger partial charge in [-0.2, -0.15) is 0 Å². The van der Waals surface area contributed by atoms with Crippen molar-refractivity contribution in [1.29, 1.82) is 0 Å². The minimum atomic E-state index is -1.30. The Morgan fingerprint density at radius 2 is 2.14 bits per heavy atom. The monoisotopic (exact) mass is 671 g/mol. The fourth-order valence-electron chi connectivity index (χ4n) is 3.84. The number of aliphatic imine (C=N–C) groups is 1.